The second kappa shape index (κ2) is 7.75. The van der Waals surface area contributed by atoms with Crippen molar-refractivity contribution in [1.29, 1.82) is 0 Å². The first-order valence-corrected chi connectivity index (χ1v) is 12.9. The van der Waals surface area contributed by atoms with Crippen molar-refractivity contribution in [2.75, 3.05) is 0 Å². The van der Waals surface area contributed by atoms with Crippen LogP contribution >= 0.6 is 0 Å². The Balaban J connectivity index is 1.69. The molecule has 0 saturated carbocycles. The molecular weight excluding hydrogens is 483 g/mol. The Morgan fingerprint density at radius 1 is 1.06 bits per heavy atom. The van der Waals surface area contributed by atoms with Gasteiger partial charge >= 0.3 is 197 Å². The van der Waals surface area contributed by atoms with Gasteiger partial charge in [0.05, 0.1) is 0 Å². The van der Waals surface area contributed by atoms with Crippen molar-refractivity contribution >= 4 is 48.4 Å². The minimum absolute atomic E-state index is 0.0858. The summed E-state index contributed by atoms with van der Waals surface area (Å²) < 4.78 is 27.9. The maximum atomic E-state index is 13.1. The zero-order valence-electron chi connectivity index (χ0n) is 18.0. The van der Waals surface area contributed by atoms with Crippen LogP contribution in [0.15, 0.2) is 77.4 Å². The molecule has 2 unspecified atom stereocenters. The molecule has 3 heterocycles. The van der Waals surface area contributed by atoms with Crippen molar-refractivity contribution in [2.24, 2.45) is 4.99 Å². The van der Waals surface area contributed by atoms with E-state index >= 15 is 0 Å². The molecule has 6 nitrogen and oxygen atoms in total. The zero-order chi connectivity index (χ0) is 22.6. The molecule has 0 fully saturated rings. The fourth-order valence-corrected chi connectivity index (χ4v) is 6.54. The third-order valence-corrected chi connectivity index (χ3v) is 8.94. The summed E-state index contributed by atoms with van der Waals surface area (Å²) in [6.45, 7) is 5.43. The molecule has 0 aliphatic carbocycles. The third kappa shape index (κ3) is 3.35. The van der Waals surface area contributed by atoms with Gasteiger partial charge in [-0.3, -0.25) is 0 Å². The molecule has 5 rings (SSSR count). The first-order chi connectivity index (χ1) is 15.3. The van der Waals surface area contributed by atoms with Crippen LogP contribution in [-0.2, 0) is 10.0 Å². The van der Waals surface area contributed by atoms with Gasteiger partial charge in [0.25, 0.3) is 0 Å². The van der Waals surface area contributed by atoms with E-state index in [1.165, 1.54) is 3.97 Å². The zero-order valence-corrected chi connectivity index (χ0v) is 20.7. The van der Waals surface area contributed by atoms with Crippen molar-refractivity contribution in [2.45, 2.75) is 38.1 Å². The van der Waals surface area contributed by atoms with E-state index in [-0.39, 0.29) is 12.1 Å². The van der Waals surface area contributed by atoms with Gasteiger partial charge in [0.15, 0.2) is 0 Å². The number of hydrogen-bond donors (Lipinski definition) is 0. The Labute approximate surface area is 196 Å². The van der Waals surface area contributed by atoms with Crippen LogP contribution in [0.5, 0.6) is 0 Å². The molecule has 2 aliphatic heterocycles. The summed E-state index contributed by atoms with van der Waals surface area (Å²) in [6.07, 6.45) is 6.23. The molecule has 0 N–H and O–H groups in total. The monoisotopic (exact) mass is 506 g/mol. The van der Waals surface area contributed by atoms with E-state index < -0.39 is 15.3 Å². The van der Waals surface area contributed by atoms with Crippen molar-refractivity contribution < 1.29 is 8.42 Å². The number of amidine groups is 1. The topological polar surface area (TPSA) is 67.6 Å². The Hall–Kier alpha value is -2.63. The van der Waals surface area contributed by atoms with Gasteiger partial charge in [0.1, 0.15) is 0 Å². The van der Waals surface area contributed by atoms with Gasteiger partial charge in [-0.2, -0.15) is 0 Å². The molecule has 2 aliphatic rings. The van der Waals surface area contributed by atoms with Crippen LogP contribution in [0.25, 0.3) is 11.0 Å². The summed E-state index contributed by atoms with van der Waals surface area (Å²) in [5, 5.41) is -0.553. The molecule has 0 spiro atoms. The Morgan fingerprint density at radius 2 is 1.81 bits per heavy atom. The van der Waals surface area contributed by atoms with E-state index in [9.17, 15) is 8.42 Å². The number of allylic oxidation sites excluding steroid dienone is 2. The number of rotatable bonds is 4. The summed E-state index contributed by atoms with van der Waals surface area (Å²) in [4.78, 5) is 11.7. The number of aromatic nitrogens is 2. The first-order valence-electron chi connectivity index (χ1n) is 10.5. The van der Waals surface area contributed by atoms with Crippen molar-refractivity contribution in [1.82, 2.24) is 13.9 Å². The van der Waals surface area contributed by atoms with E-state index in [0.717, 1.165) is 22.5 Å². The van der Waals surface area contributed by atoms with Crippen molar-refractivity contribution in [3.63, 3.8) is 0 Å². The molecule has 0 saturated heterocycles. The summed E-state index contributed by atoms with van der Waals surface area (Å²) in [6, 6.07) is 15.9. The number of hydrogen-bond acceptors (Lipinski definition) is 5. The second-order valence-electron chi connectivity index (χ2n) is 8.42. The van der Waals surface area contributed by atoms with Gasteiger partial charge in [-0.15, -0.1) is 0 Å². The predicted molar refractivity (Wildman–Crippen MR) is 129 cm³/mol. The number of nitrogens with zero attached hydrogens (tertiary/aromatic N) is 4. The molecule has 8 heteroatoms. The summed E-state index contributed by atoms with van der Waals surface area (Å²) in [7, 11) is -3.55. The van der Waals surface area contributed by atoms with Crippen molar-refractivity contribution in [3.05, 3.63) is 83.6 Å². The van der Waals surface area contributed by atoms with Crippen LogP contribution in [0.3, 0.4) is 0 Å². The van der Waals surface area contributed by atoms with Gasteiger partial charge in [0.2, 0.25) is 0 Å². The van der Waals surface area contributed by atoms with Crippen LogP contribution in [0.4, 0.5) is 0 Å². The standard InChI is InChI=1S/C24H23AsN4O2S/c1-15(2)32(30,31)29-20-14-18(9-10-19(20)26-24(29)25)23-22(17-7-5-4-6-8-17)27-21-13-16(3)11-12-28(21)23/h4-15,22-23H,1-3H3. The molecular formula is C24H23AsN4O2S. The Kier molecular flexibility index (Phi) is 5.14. The SMILES string of the molecule is CC1=CC2=NC(c3ccccc3)C(c3ccc4nc([As])n(S(=O)(=O)C(C)C)c4c3)N2C=C1. The summed E-state index contributed by atoms with van der Waals surface area (Å²) in [5.41, 5.74) is 4.52. The Bertz CT molecular complexity index is 1400. The van der Waals surface area contributed by atoms with E-state index in [0.29, 0.717) is 15.6 Å². The minimum atomic E-state index is -3.55. The molecule has 2 atom stereocenters. The Morgan fingerprint density at radius 3 is 2.53 bits per heavy atom. The fraction of sp³-hybridized carbons (Fsp3) is 0.250. The summed E-state index contributed by atoms with van der Waals surface area (Å²) in [5.74, 6) is 0.917. The molecule has 0 bridgehead atoms. The normalized spacial score (nSPS) is 20.6. The van der Waals surface area contributed by atoms with Gasteiger partial charge in [-0.05, 0) is 0 Å². The van der Waals surface area contributed by atoms with Crippen LogP contribution in [0, 0.1) is 0 Å². The molecule has 32 heavy (non-hydrogen) atoms. The number of benzene rings is 2. The van der Waals surface area contributed by atoms with E-state index in [2.05, 4.69) is 64.1 Å². The molecule has 2 aromatic carbocycles. The number of aliphatic imine (C=N–C) groups is 1. The molecule has 162 valence electrons. The van der Waals surface area contributed by atoms with E-state index in [1.807, 2.05) is 36.4 Å². The third-order valence-electron chi connectivity index (χ3n) is 5.94. The van der Waals surface area contributed by atoms with Gasteiger partial charge < -0.3 is 0 Å². The van der Waals surface area contributed by atoms with Gasteiger partial charge in [-0.25, -0.2) is 0 Å². The van der Waals surface area contributed by atoms with Gasteiger partial charge in [-0.1, -0.05) is 0 Å². The van der Waals surface area contributed by atoms with Crippen LogP contribution < -0.4 is 4.61 Å². The van der Waals surface area contributed by atoms with Crippen LogP contribution in [-0.4, -0.2) is 50.2 Å². The van der Waals surface area contributed by atoms with Gasteiger partial charge in [0, 0.05) is 0 Å². The number of imidazole rings is 1. The van der Waals surface area contributed by atoms with E-state index in [4.69, 9.17) is 4.99 Å². The van der Waals surface area contributed by atoms with Crippen LogP contribution in [0.1, 0.15) is 44.0 Å². The van der Waals surface area contributed by atoms with Crippen molar-refractivity contribution in [3.8, 4) is 0 Å². The average Bonchev–Trinajstić information content (AvgIpc) is 3.30. The fourth-order valence-electron chi connectivity index (χ4n) is 4.26. The number of fused-ring (bicyclic) bond motifs is 2. The first kappa shape index (κ1) is 21.2. The van der Waals surface area contributed by atoms with Crippen LogP contribution in [0.2, 0.25) is 0 Å². The molecule has 2 radical (unpaired) electrons. The average molecular weight is 506 g/mol. The molecule has 0 amide bonds. The second-order valence-corrected chi connectivity index (χ2v) is 11.6. The quantitative estimate of drug-likeness (QED) is 0.509. The predicted octanol–water partition coefficient (Wildman–Crippen LogP) is 3.39. The summed E-state index contributed by atoms with van der Waals surface area (Å²) >= 11 is 2.28. The molecule has 1 aromatic heterocycles. The van der Waals surface area contributed by atoms with E-state index in [1.54, 1.807) is 13.8 Å². The molecule has 3 aromatic rings. The maximum absolute atomic E-state index is 13.1.